The third kappa shape index (κ3) is 5.44. The summed E-state index contributed by atoms with van der Waals surface area (Å²) in [5.41, 5.74) is 4.66. The number of carbonyl (C=O) groups excluding carboxylic acids is 1. The lowest BCUT2D eigenvalue weighted by atomic mass is 9.99. The van der Waals surface area contributed by atoms with Gasteiger partial charge in [0.05, 0.1) is 23.7 Å². The number of rotatable bonds is 9. The molecule has 37 heavy (non-hydrogen) atoms. The van der Waals surface area contributed by atoms with Crippen LogP contribution in [-0.2, 0) is 30.7 Å². The molecule has 1 amide bonds. The van der Waals surface area contributed by atoms with Crippen molar-refractivity contribution in [3.63, 3.8) is 0 Å². The molecule has 0 radical (unpaired) electrons. The SMILES string of the molecule is Cc1ccc(C(=O)N2Cc3c(CCC(=O)O)ccc(OCCc4nc(-c5ccccc5)oc4C)c3C2)s1. The van der Waals surface area contributed by atoms with Crippen LogP contribution < -0.4 is 4.74 Å². The summed E-state index contributed by atoms with van der Waals surface area (Å²) in [7, 11) is 0. The summed E-state index contributed by atoms with van der Waals surface area (Å²) in [6.07, 6.45) is 1.03. The van der Waals surface area contributed by atoms with Gasteiger partial charge >= 0.3 is 5.97 Å². The lowest BCUT2D eigenvalue weighted by Gasteiger charge is -2.14. The van der Waals surface area contributed by atoms with E-state index in [1.807, 2.05) is 68.4 Å². The number of amides is 1. The number of oxazole rings is 1. The first kappa shape index (κ1) is 24.8. The monoisotopic (exact) mass is 516 g/mol. The van der Waals surface area contributed by atoms with Crippen molar-refractivity contribution in [3.8, 4) is 17.2 Å². The molecule has 8 heteroatoms. The highest BCUT2D eigenvalue weighted by Gasteiger charge is 2.30. The molecule has 7 nitrogen and oxygen atoms in total. The highest BCUT2D eigenvalue weighted by Crippen LogP contribution is 2.36. The summed E-state index contributed by atoms with van der Waals surface area (Å²) < 4.78 is 12.1. The van der Waals surface area contributed by atoms with Crippen molar-refractivity contribution in [1.82, 2.24) is 9.88 Å². The van der Waals surface area contributed by atoms with Crippen molar-refractivity contribution in [2.75, 3.05) is 6.61 Å². The van der Waals surface area contributed by atoms with Crippen molar-refractivity contribution < 1.29 is 23.8 Å². The number of nitrogens with zero attached hydrogens (tertiary/aromatic N) is 2. The van der Waals surface area contributed by atoms with Gasteiger partial charge in [-0.1, -0.05) is 24.3 Å². The molecule has 0 saturated heterocycles. The number of aryl methyl sites for hydroxylation is 3. The van der Waals surface area contributed by atoms with Gasteiger partial charge in [-0.3, -0.25) is 9.59 Å². The Bertz CT molecular complexity index is 1440. The minimum absolute atomic E-state index is 0.0175. The second-order valence-electron chi connectivity index (χ2n) is 9.13. The minimum atomic E-state index is -0.841. The summed E-state index contributed by atoms with van der Waals surface area (Å²) in [4.78, 5) is 32.6. The number of carboxylic acid groups (broad SMARTS) is 1. The van der Waals surface area contributed by atoms with Crippen LogP contribution in [0.1, 0.15) is 49.1 Å². The summed E-state index contributed by atoms with van der Waals surface area (Å²) in [6, 6.07) is 17.4. The van der Waals surface area contributed by atoms with Crippen LogP contribution >= 0.6 is 11.3 Å². The molecule has 0 fully saturated rings. The van der Waals surface area contributed by atoms with Crippen molar-refractivity contribution in [2.45, 2.75) is 46.2 Å². The van der Waals surface area contributed by atoms with Crippen LogP contribution in [0.15, 0.2) is 59.0 Å². The predicted molar refractivity (Wildman–Crippen MR) is 141 cm³/mol. The second-order valence-corrected chi connectivity index (χ2v) is 10.4. The van der Waals surface area contributed by atoms with Gasteiger partial charge in [0.1, 0.15) is 11.5 Å². The van der Waals surface area contributed by atoms with Crippen molar-refractivity contribution in [2.24, 2.45) is 0 Å². The summed E-state index contributed by atoms with van der Waals surface area (Å²) >= 11 is 1.48. The highest BCUT2D eigenvalue weighted by molar-refractivity contribution is 7.13. The zero-order chi connectivity index (χ0) is 25.9. The van der Waals surface area contributed by atoms with E-state index in [1.54, 1.807) is 4.90 Å². The molecule has 3 heterocycles. The molecular formula is C29H28N2O5S. The van der Waals surface area contributed by atoms with Crippen molar-refractivity contribution in [3.05, 3.63) is 92.5 Å². The van der Waals surface area contributed by atoms with Gasteiger partial charge in [0, 0.05) is 35.4 Å². The number of ether oxygens (including phenoxy) is 1. The molecule has 4 aromatic rings. The van der Waals surface area contributed by atoms with E-state index in [0.717, 1.165) is 44.3 Å². The fourth-order valence-corrected chi connectivity index (χ4v) is 5.45. The van der Waals surface area contributed by atoms with Crippen LogP contribution in [0.5, 0.6) is 5.75 Å². The van der Waals surface area contributed by atoms with Gasteiger partial charge < -0.3 is 19.2 Å². The van der Waals surface area contributed by atoms with Crippen LogP contribution in [0.4, 0.5) is 0 Å². The Morgan fingerprint density at radius 1 is 1.03 bits per heavy atom. The molecule has 5 rings (SSSR count). The number of fused-ring (bicyclic) bond motifs is 1. The lowest BCUT2D eigenvalue weighted by molar-refractivity contribution is -0.136. The molecule has 2 aromatic carbocycles. The van der Waals surface area contributed by atoms with E-state index in [9.17, 15) is 14.7 Å². The summed E-state index contributed by atoms with van der Waals surface area (Å²) in [5.74, 6) is 1.22. The Morgan fingerprint density at radius 2 is 1.81 bits per heavy atom. The van der Waals surface area contributed by atoms with Gasteiger partial charge in [0.15, 0.2) is 0 Å². The van der Waals surface area contributed by atoms with Crippen molar-refractivity contribution in [1.29, 1.82) is 0 Å². The first-order valence-electron chi connectivity index (χ1n) is 12.2. The molecule has 0 saturated carbocycles. The normalized spacial score (nSPS) is 12.5. The summed E-state index contributed by atoms with van der Waals surface area (Å²) in [5, 5.41) is 9.19. The Kier molecular flexibility index (Phi) is 7.10. The first-order chi connectivity index (χ1) is 17.9. The van der Waals surface area contributed by atoms with E-state index in [2.05, 4.69) is 4.98 Å². The van der Waals surface area contributed by atoms with E-state index in [0.29, 0.717) is 43.3 Å². The van der Waals surface area contributed by atoms with Crippen LogP contribution in [0.3, 0.4) is 0 Å². The van der Waals surface area contributed by atoms with E-state index in [4.69, 9.17) is 9.15 Å². The van der Waals surface area contributed by atoms with Crippen LogP contribution in [0.2, 0.25) is 0 Å². The average molecular weight is 517 g/mol. The molecular weight excluding hydrogens is 488 g/mol. The number of carbonyl (C=O) groups is 2. The highest BCUT2D eigenvalue weighted by atomic mass is 32.1. The van der Waals surface area contributed by atoms with Crippen LogP contribution in [0.25, 0.3) is 11.5 Å². The number of aliphatic carboxylic acids is 1. The van der Waals surface area contributed by atoms with Gasteiger partial charge in [-0.25, -0.2) is 4.98 Å². The smallest absolute Gasteiger partial charge is 0.303 e. The summed E-state index contributed by atoms with van der Waals surface area (Å²) in [6.45, 7) is 5.16. The molecule has 1 aliphatic heterocycles. The molecule has 1 aliphatic rings. The number of thiophene rings is 1. The van der Waals surface area contributed by atoms with Crippen LogP contribution in [0, 0.1) is 13.8 Å². The Labute approximate surface area is 219 Å². The molecule has 1 N–H and O–H groups in total. The Hall–Kier alpha value is -3.91. The number of aromatic nitrogens is 1. The van der Waals surface area contributed by atoms with E-state index >= 15 is 0 Å². The zero-order valence-corrected chi connectivity index (χ0v) is 21.6. The second kappa shape index (κ2) is 10.6. The predicted octanol–water partition coefficient (Wildman–Crippen LogP) is 5.81. The zero-order valence-electron chi connectivity index (χ0n) is 20.8. The topological polar surface area (TPSA) is 92.9 Å². The minimum Gasteiger partial charge on any atom is -0.493 e. The Balaban J connectivity index is 1.32. The standard InChI is InChI=1S/C29H28N2O5S/c1-18-8-12-26(37-18)29(34)31-16-22-20(10-13-27(32)33)9-11-25(23(22)17-31)35-15-14-24-19(2)36-28(30-24)21-6-4-3-5-7-21/h3-9,11-12H,10,13-17H2,1-2H3,(H,32,33). The molecule has 0 unspecified atom stereocenters. The molecule has 2 aromatic heterocycles. The molecule has 0 bridgehead atoms. The number of carboxylic acids is 1. The maximum absolute atomic E-state index is 13.2. The van der Waals surface area contributed by atoms with E-state index in [1.165, 1.54) is 11.3 Å². The molecule has 0 spiro atoms. The van der Waals surface area contributed by atoms with E-state index < -0.39 is 5.97 Å². The third-order valence-corrected chi connectivity index (χ3v) is 7.53. The fraction of sp³-hybridized carbons (Fsp3) is 0.276. The quantitative estimate of drug-likeness (QED) is 0.302. The first-order valence-corrected chi connectivity index (χ1v) is 13.1. The van der Waals surface area contributed by atoms with Crippen molar-refractivity contribution >= 4 is 23.2 Å². The van der Waals surface area contributed by atoms with Gasteiger partial charge in [-0.05, 0) is 61.7 Å². The maximum atomic E-state index is 13.2. The van der Waals surface area contributed by atoms with Gasteiger partial charge in [-0.2, -0.15) is 0 Å². The molecule has 190 valence electrons. The lowest BCUT2D eigenvalue weighted by Crippen LogP contribution is -2.24. The Morgan fingerprint density at radius 3 is 2.54 bits per heavy atom. The number of benzene rings is 2. The largest absolute Gasteiger partial charge is 0.493 e. The average Bonchev–Trinajstić information content (AvgIpc) is 3.62. The van der Waals surface area contributed by atoms with Gasteiger partial charge in [-0.15, -0.1) is 11.3 Å². The number of hydrogen-bond acceptors (Lipinski definition) is 6. The molecule has 0 atom stereocenters. The molecule has 0 aliphatic carbocycles. The van der Waals surface area contributed by atoms with Gasteiger partial charge in [0.25, 0.3) is 5.91 Å². The van der Waals surface area contributed by atoms with Gasteiger partial charge in [0.2, 0.25) is 5.89 Å². The van der Waals surface area contributed by atoms with Crippen LogP contribution in [-0.4, -0.2) is 33.5 Å². The fourth-order valence-electron chi connectivity index (χ4n) is 4.61. The maximum Gasteiger partial charge on any atom is 0.303 e. The van der Waals surface area contributed by atoms with E-state index in [-0.39, 0.29) is 12.3 Å². The number of hydrogen-bond donors (Lipinski definition) is 1. The third-order valence-electron chi connectivity index (χ3n) is 6.54.